The Bertz CT molecular complexity index is 1210. The van der Waals surface area contributed by atoms with Crippen LogP contribution in [0.4, 0.5) is 13.2 Å². The van der Waals surface area contributed by atoms with Crippen molar-refractivity contribution in [3.8, 4) is 17.3 Å². The summed E-state index contributed by atoms with van der Waals surface area (Å²) in [5.41, 5.74) is 0.228. The predicted molar refractivity (Wildman–Crippen MR) is 111 cm³/mol. The van der Waals surface area contributed by atoms with Crippen molar-refractivity contribution in [1.82, 2.24) is 30.2 Å². The van der Waals surface area contributed by atoms with Gasteiger partial charge in [-0.1, -0.05) is 5.16 Å². The van der Waals surface area contributed by atoms with Crippen molar-refractivity contribution in [2.45, 2.75) is 38.9 Å². The Balaban J connectivity index is 1.37. The molecule has 178 valence electrons. The molecule has 5 rings (SSSR count). The summed E-state index contributed by atoms with van der Waals surface area (Å²) in [6.45, 7) is 4.10. The molecule has 2 fully saturated rings. The predicted octanol–water partition coefficient (Wildman–Crippen LogP) is 3.49. The molecule has 1 saturated carbocycles. The number of hydrogen-bond acceptors (Lipinski definition) is 8. The molecule has 34 heavy (non-hydrogen) atoms. The van der Waals surface area contributed by atoms with Gasteiger partial charge in [0.25, 0.3) is 11.8 Å². The number of pyridine rings is 1. The van der Waals surface area contributed by atoms with Crippen molar-refractivity contribution in [2.75, 3.05) is 13.2 Å². The van der Waals surface area contributed by atoms with Crippen molar-refractivity contribution in [2.24, 2.45) is 11.8 Å². The number of amides is 1. The van der Waals surface area contributed by atoms with Crippen LogP contribution in [0.3, 0.4) is 0 Å². The van der Waals surface area contributed by atoms with Crippen molar-refractivity contribution in [3.05, 3.63) is 47.2 Å². The highest BCUT2D eigenvalue weighted by Gasteiger charge is 2.48. The second kappa shape index (κ2) is 8.33. The maximum absolute atomic E-state index is 13.7. The summed E-state index contributed by atoms with van der Waals surface area (Å²) in [7, 11) is 0. The van der Waals surface area contributed by atoms with Crippen molar-refractivity contribution < 1.29 is 27.2 Å². The number of carbonyl (C=O) groups is 1. The molecule has 3 aromatic heterocycles. The second-order valence-electron chi connectivity index (χ2n) is 8.66. The third-order valence-corrected chi connectivity index (χ3v) is 6.13. The van der Waals surface area contributed by atoms with Crippen LogP contribution in [-0.4, -0.2) is 55.3 Å². The number of nitrogens with zero attached hydrogens (tertiary/aromatic N) is 6. The number of rotatable bonds is 5. The van der Waals surface area contributed by atoms with Gasteiger partial charge in [-0.15, -0.1) is 10.2 Å². The maximum Gasteiger partial charge on any atom is 0.435 e. The Morgan fingerprint density at radius 3 is 2.62 bits per heavy atom. The van der Waals surface area contributed by atoms with E-state index in [1.165, 1.54) is 0 Å². The van der Waals surface area contributed by atoms with Gasteiger partial charge in [0.15, 0.2) is 11.5 Å². The van der Waals surface area contributed by atoms with Gasteiger partial charge in [-0.25, -0.2) is 4.98 Å². The Morgan fingerprint density at radius 2 is 1.94 bits per heavy atom. The SMILES string of the molecule is Cc1ccc(-c2nc(C)no2)c(C(=O)N2CC3C[C@@H]3C[C@H]2COc2ccc(C(F)(F)F)nn2)n1. The van der Waals surface area contributed by atoms with Gasteiger partial charge in [-0.3, -0.25) is 4.79 Å². The van der Waals surface area contributed by atoms with Gasteiger partial charge in [0.2, 0.25) is 5.88 Å². The summed E-state index contributed by atoms with van der Waals surface area (Å²) in [6, 6.07) is 5.15. The first-order chi connectivity index (χ1) is 16.2. The highest BCUT2D eigenvalue weighted by Crippen LogP contribution is 2.47. The van der Waals surface area contributed by atoms with Gasteiger partial charge in [0.1, 0.15) is 12.3 Å². The molecule has 1 aliphatic carbocycles. The fourth-order valence-electron chi connectivity index (χ4n) is 4.27. The molecule has 12 heteroatoms. The first kappa shape index (κ1) is 22.2. The number of carbonyl (C=O) groups excluding carboxylic acids is 1. The molecule has 1 aliphatic heterocycles. The topological polar surface area (TPSA) is 107 Å². The second-order valence-corrected chi connectivity index (χ2v) is 8.66. The fraction of sp³-hybridized carbons (Fsp3) is 0.455. The number of alkyl halides is 3. The molecule has 3 atom stereocenters. The Hall–Kier alpha value is -3.57. The molecule has 0 bridgehead atoms. The minimum atomic E-state index is -4.57. The van der Waals surface area contributed by atoms with Gasteiger partial charge in [0.05, 0.1) is 11.6 Å². The lowest BCUT2D eigenvalue weighted by Gasteiger charge is -2.35. The summed E-state index contributed by atoms with van der Waals surface area (Å²) in [5, 5.41) is 10.5. The molecule has 2 aliphatic rings. The largest absolute Gasteiger partial charge is 0.474 e. The van der Waals surface area contributed by atoms with Gasteiger partial charge >= 0.3 is 6.18 Å². The molecule has 0 aromatic carbocycles. The van der Waals surface area contributed by atoms with Crippen LogP contribution in [0.5, 0.6) is 5.88 Å². The quantitative estimate of drug-likeness (QED) is 0.553. The van der Waals surface area contributed by atoms with E-state index in [1.54, 1.807) is 30.9 Å². The van der Waals surface area contributed by atoms with E-state index in [4.69, 9.17) is 9.26 Å². The van der Waals surface area contributed by atoms with Crippen LogP contribution >= 0.6 is 0 Å². The standard InChI is InChI=1S/C22H21F3N6O3/c1-11-3-4-16(20-27-12(2)30-34-20)19(26-11)21(32)31-9-14-7-13(14)8-15(31)10-33-18-6-5-17(28-29-18)22(23,24)25/h3-6,13-15H,7-10H2,1-2H3/t13-,14?,15+/m1/s1. The average molecular weight is 474 g/mol. The van der Waals surface area contributed by atoms with Crippen LogP contribution < -0.4 is 4.74 Å². The highest BCUT2D eigenvalue weighted by atomic mass is 19.4. The molecule has 3 aromatic rings. The number of fused-ring (bicyclic) bond motifs is 1. The number of halogens is 3. The lowest BCUT2D eigenvalue weighted by molar-refractivity contribution is -0.141. The van der Waals surface area contributed by atoms with E-state index in [1.807, 2.05) is 0 Å². The van der Waals surface area contributed by atoms with E-state index >= 15 is 0 Å². The van der Waals surface area contributed by atoms with E-state index in [-0.39, 0.29) is 36.0 Å². The van der Waals surface area contributed by atoms with Crippen molar-refractivity contribution in [3.63, 3.8) is 0 Å². The minimum absolute atomic E-state index is 0.0333. The normalized spacial score (nSPS) is 21.8. The van der Waals surface area contributed by atoms with Crippen molar-refractivity contribution in [1.29, 1.82) is 0 Å². The first-order valence-electron chi connectivity index (χ1n) is 10.8. The van der Waals surface area contributed by atoms with Crippen LogP contribution in [0, 0.1) is 25.7 Å². The summed E-state index contributed by atoms with van der Waals surface area (Å²) in [6.07, 6.45) is -2.82. The lowest BCUT2D eigenvalue weighted by Crippen LogP contribution is -2.48. The third kappa shape index (κ3) is 4.44. The number of aromatic nitrogens is 5. The maximum atomic E-state index is 13.7. The number of hydrogen-bond donors (Lipinski definition) is 0. The fourth-order valence-corrected chi connectivity index (χ4v) is 4.27. The van der Waals surface area contributed by atoms with Crippen LogP contribution in [-0.2, 0) is 6.18 Å². The summed E-state index contributed by atoms with van der Waals surface area (Å²) in [4.78, 5) is 24.1. The van der Waals surface area contributed by atoms with Gasteiger partial charge < -0.3 is 14.2 Å². The monoisotopic (exact) mass is 474 g/mol. The zero-order valence-corrected chi connectivity index (χ0v) is 18.4. The minimum Gasteiger partial charge on any atom is -0.474 e. The molecule has 9 nitrogen and oxygen atoms in total. The zero-order valence-electron chi connectivity index (χ0n) is 18.4. The van der Waals surface area contributed by atoms with E-state index in [2.05, 4.69) is 25.3 Å². The van der Waals surface area contributed by atoms with E-state index in [0.717, 1.165) is 25.0 Å². The summed E-state index contributed by atoms with van der Waals surface area (Å²) >= 11 is 0. The molecular formula is C22H21F3N6O3. The first-order valence-corrected chi connectivity index (χ1v) is 10.8. The van der Waals surface area contributed by atoms with Crippen molar-refractivity contribution >= 4 is 5.91 Å². The molecule has 1 unspecified atom stereocenters. The smallest absolute Gasteiger partial charge is 0.435 e. The van der Waals surface area contributed by atoms with E-state index in [9.17, 15) is 18.0 Å². The van der Waals surface area contributed by atoms with Crippen LogP contribution in [0.2, 0.25) is 0 Å². The average Bonchev–Trinajstić information content (AvgIpc) is 3.44. The van der Waals surface area contributed by atoms with Crippen LogP contribution in [0.25, 0.3) is 11.5 Å². The molecule has 0 radical (unpaired) electrons. The Kier molecular flexibility index (Phi) is 5.45. The molecule has 4 heterocycles. The van der Waals surface area contributed by atoms with Gasteiger partial charge in [-0.05, 0) is 56.7 Å². The summed E-state index contributed by atoms with van der Waals surface area (Å²) in [5.74, 6) is 1.25. The summed E-state index contributed by atoms with van der Waals surface area (Å²) < 4.78 is 49.1. The number of aryl methyl sites for hydroxylation is 2. The molecule has 0 spiro atoms. The zero-order chi connectivity index (χ0) is 24.0. The lowest BCUT2D eigenvalue weighted by atomic mass is 10.0. The Morgan fingerprint density at radius 1 is 1.12 bits per heavy atom. The van der Waals surface area contributed by atoms with Crippen LogP contribution in [0.15, 0.2) is 28.8 Å². The number of likely N-dealkylation sites (tertiary alicyclic amines) is 1. The number of ether oxygens (including phenoxy) is 1. The van der Waals surface area contributed by atoms with Crippen LogP contribution in [0.1, 0.15) is 40.5 Å². The molecule has 1 amide bonds. The van der Waals surface area contributed by atoms with E-state index < -0.39 is 11.9 Å². The van der Waals surface area contributed by atoms with Gasteiger partial charge in [0, 0.05) is 18.3 Å². The molecule has 0 N–H and O–H groups in total. The molecular weight excluding hydrogens is 453 g/mol. The molecule has 1 saturated heterocycles. The van der Waals surface area contributed by atoms with Gasteiger partial charge in [-0.2, -0.15) is 18.2 Å². The van der Waals surface area contributed by atoms with E-state index in [0.29, 0.717) is 35.5 Å². The third-order valence-electron chi connectivity index (χ3n) is 6.13. The number of piperidine rings is 1. The highest BCUT2D eigenvalue weighted by molar-refractivity contribution is 5.98. The Labute approximate surface area is 192 Å².